The Kier molecular flexibility index (Phi) is 5.73. The Morgan fingerprint density at radius 3 is 2.37 bits per heavy atom. The van der Waals surface area contributed by atoms with Gasteiger partial charge in [-0.15, -0.1) is 0 Å². The molecule has 3 unspecified atom stereocenters. The van der Waals surface area contributed by atoms with E-state index < -0.39 is 11.6 Å². The van der Waals surface area contributed by atoms with Gasteiger partial charge in [-0.2, -0.15) is 0 Å². The lowest BCUT2D eigenvalue weighted by Gasteiger charge is -2.29. The standard InChI is InChI=1S/C9H16O4.C4H10O2/c1-9(2)12-6-3-4-11-7(5-10)8(6)13-9;1-4(2,5)6-3/h6-8,10H,3-5H2,1-2H3;5H,1-3H3. The van der Waals surface area contributed by atoms with Crippen molar-refractivity contribution in [3.63, 3.8) is 0 Å². The SMILES string of the molecule is CC1(C)OC2CCOC(CO)C2O1.COC(C)(C)O. The van der Waals surface area contributed by atoms with Crippen LogP contribution in [0.2, 0.25) is 0 Å². The molecular formula is C13H26O6. The Hall–Kier alpha value is -0.240. The molecule has 2 aliphatic heterocycles. The minimum absolute atomic E-state index is 0.000602. The summed E-state index contributed by atoms with van der Waals surface area (Å²) < 4.78 is 21.2. The van der Waals surface area contributed by atoms with Gasteiger partial charge in [0.25, 0.3) is 0 Å². The number of rotatable bonds is 2. The summed E-state index contributed by atoms with van der Waals surface area (Å²) in [4.78, 5) is 0. The summed E-state index contributed by atoms with van der Waals surface area (Å²) in [7, 11) is 1.46. The maximum absolute atomic E-state index is 9.05. The molecule has 0 aromatic rings. The molecule has 2 rings (SSSR count). The second-order valence-electron chi connectivity index (χ2n) is 5.67. The molecule has 0 amide bonds. The molecular weight excluding hydrogens is 252 g/mol. The van der Waals surface area contributed by atoms with Gasteiger partial charge in [-0.1, -0.05) is 0 Å². The molecule has 6 heteroatoms. The van der Waals surface area contributed by atoms with Gasteiger partial charge >= 0.3 is 0 Å². The number of aliphatic hydroxyl groups is 2. The summed E-state index contributed by atoms with van der Waals surface area (Å²) in [6.45, 7) is 7.58. The monoisotopic (exact) mass is 278 g/mol. The summed E-state index contributed by atoms with van der Waals surface area (Å²) in [5, 5.41) is 17.7. The number of hydrogen-bond donors (Lipinski definition) is 2. The molecule has 3 atom stereocenters. The Labute approximate surface area is 114 Å². The van der Waals surface area contributed by atoms with E-state index in [1.165, 1.54) is 7.11 Å². The first-order valence-corrected chi connectivity index (χ1v) is 6.54. The van der Waals surface area contributed by atoms with E-state index in [1.807, 2.05) is 13.8 Å². The van der Waals surface area contributed by atoms with Crippen LogP contribution in [-0.4, -0.2) is 60.4 Å². The third-order valence-electron chi connectivity index (χ3n) is 3.00. The zero-order valence-electron chi connectivity index (χ0n) is 12.4. The molecule has 0 aromatic heterocycles. The Morgan fingerprint density at radius 1 is 1.32 bits per heavy atom. The van der Waals surface area contributed by atoms with Crippen LogP contribution >= 0.6 is 0 Å². The van der Waals surface area contributed by atoms with Gasteiger partial charge in [0.05, 0.1) is 12.7 Å². The van der Waals surface area contributed by atoms with E-state index in [2.05, 4.69) is 4.74 Å². The number of fused-ring (bicyclic) bond motifs is 1. The summed E-state index contributed by atoms with van der Waals surface area (Å²) in [5.74, 6) is -1.49. The van der Waals surface area contributed by atoms with Crippen LogP contribution in [0.15, 0.2) is 0 Å². The fraction of sp³-hybridized carbons (Fsp3) is 1.00. The topological polar surface area (TPSA) is 77.4 Å². The van der Waals surface area contributed by atoms with Crippen molar-refractivity contribution in [2.45, 2.75) is 64.0 Å². The third kappa shape index (κ3) is 5.33. The van der Waals surface area contributed by atoms with E-state index in [0.717, 1.165) is 6.42 Å². The van der Waals surface area contributed by atoms with Gasteiger partial charge in [-0.25, -0.2) is 0 Å². The first-order chi connectivity index (χ1) is 8.68. The quantitative estimate of drug-likeness (QED) is 0.722. The number of methoxy groups -OCH3 is 1. The van der Waals surface area contributed by atoms with Gasteiger partial charge in [-0.05, 0) is 34.1 Å². The summed E-state index contributed by atoms with van der Waals surface area (Å²) >= 11 is 0. The third-order valence-corrected chi connectivity index (χ3v) is 3.00. The van der Waals surface area contributed by atoms with E-state index >= 15 is 0 Å². The Bertz CT molecular complexity index is 273. The number of hydrogen-bond acceptors (Lipinski definition) is 6. The van der Waals surface area contributed by atoms with Crippen molar-refractivity contribution in [1.29, 1.82) is 0 Å². The fourth-order valence-electron chi connectivity index (χ4n) is 1.99. The van der Waals surface area contributed by atoms with Crippen LogP contribution in [0.3, 0.4) is 0 Å². The second kappa shape index (κ2) is 6.47. The first kappa shape index (κ1) is 16.8. The maximum Gasteiger partial charge on any atom is 0.163 e. The van der Waals surface area contributed by atoms with Crippen LogP contribution in [0.1, 0.15) is 34.1 Å². The highest BCUT2D eigenvalue weighted by atomic mass is 16.8. The molecule has 0 aromatic carbocycles. The first-order valence-electron chi connectivity index (χ1n) is 6.54. The van der Waals surface area contributed by atoms with Crippen LogP contribution in [0, 0.1) is 0 Å². The van der Waals surface area contributed by atoms with Gasteiger partial charge in [0.15, 0.2) is 11.6 Å². The number of aliphatic hydroxyl groups excluding tert-OH is 1. The Balaban J connectivity index is 0.000000258. The lowest BCUT2D eigenvalue weighted by Crippen LogP contribution is -2.44. The number of ether oxygens (including phenoxy) is 4. The molecule has 6 nitrogen and oxygen atoms in total. The molecule has 114 valence electrons. The largest absolute Gasteiger partial charge is 0.394 e. The summed E-state index contributed by atoms with van der Waals surface area (Å²) in [6.07, 6.45) is 0.611. The van der Waals surface area contributed by atoms with E-state index in [9.17, 15) is 0 Å². The minimum atomic E-state index is -0.958. The van der Waals surface area contributed by atoms with Crippen molar-refractivity contribution in [3.8, 4) is 0 Å². The predicted molar refractivity (Wildman–Crippen MR) is 68.6 cm³/mol. The molecule has 2 fully saturated rings. The van der Waals surface area contributed by atoms with Crippen LogP contribution in [0.5, 0.6) is 0 Å². The lowest BCUT2D eigenvalue weighted by atomic mass is 10.0. The smallest absolute Gasteiger partial charge is 0.163 e. The van der Waals surface area contributed by atoms with Gasteiger partial charge in [0.2, 0.25) is 0 Å². The zero-order valence-corrected chi connectivity index (χ0v) is 12.4. The maximum atomic E-state index is 9.05. The minimum Gasteiger partial charge on any atom is -0.394 e. The second-order valence-corrected chi connectivity index (χ2v) is 5.67. The molecule has 0 radical (unpaired) electrons. The van der Waals surface area contributed by atoms with Crippen molar-refractivity contribution in [3.05, 3.63) is 0 Å². The molecule has 0 aliphatic carbocycles. The van der Waals surface area contributed by atoms with Crippen LogP contribution in [-0.2, 0) is 18.9 Å². The molecule has 2 heterocycles. The molecule has 0 saturated carbocycles. The average molecular weight is 278 g/mol. The Morgan fingerprint density at radius 2 is 1.89 bits per heavy atom. The zero-order chi connectivity index (χ0) is 14.7. The van der Waals surface area contributed by atoms with E-state index in [0.29, 0.717) is 6.61 Å². The molecule has 0 bridgehead atoms. The molecule has 19 heavy (non-hydrogen) atoms. The van der Waals surface area contributed by atoms with Gasteiger partial charge in [0.1, 0.15) is 12.2 Å². The highest BCUT2D eigenvalue weighted by Crippen LogP contribution is 2.34. The van der Waals surface area contributed by atoms with Gasteiger partial charge < -0.3 is 29.2 Å². The highest BCUT2D eigenvalue weighted by Gasteiger charge is 2.47. The van der Waals surface area contributed by atoms with E-state index in [4.69, 9.17) is 24.4 Å². The summed E-state index contributed by atoms with van der Waals surface area (Å²) in [5.41, 5.74) is 0. The van der Waals surface area contributed by atoms with Crippen LogP contribution in [0.25, 0.3) is 0 Å². The van der Waals surface area contributed by atoms with Crippen LogP contribution in [0.4, 0.5) is 0 Å². The molecule has 2 aliphatic rings. The van der Waals surface area contributed by atoms with Crippen molar-refractivity contribution in [2.75, 3.05) is 20.3 Å². The normalized spacial score (nSPS) is 33.3. The van der Waals surface area contributed by atoms with Gasteiger partial charge in [-0.3, -0.25) is 0 Å². The van der Waals surface area contributed by atoms with Crippen molar-refractivity contribution >= 4 is 0 Å². The molecule has 2 saturated heterocycles. The summed E-state index contributed by atoms with van der Waals surface area (Å²) in [6, 6.07) is 0. The van der Waals surface area contributed by atoms with Crippen molar-refractivity contribution in [2.24, 2.45) is 0 Å². The van der Waals surface area contributed by atoms with E-state index in [-0.39, 0.29) is 24.9 Å². The molecule has 2 N–H and O–H groups in total. The lowest BCUT2D eigenvalue weighted by molar-refractivity contribution is -0.157. The predicted octanol–water partition coefficient (Wildman–Crippen LogP) is 0.649. The fourth-order valence-corrected chi connectivity index (χ4v) is 1.99. The van der Waals surface area contributed by atoms with Crippen molar-refractivity contribution in [1.82, 2.24) is 0 Å². The van der Waals surface area contributed by atoms with Crippen molar-refractivity contribution < 1.29 is 29.2 Å². The van der Waals surface area contributed by atoms with Crippen LogP contribution < -0.4 is 0 Å². The van der Waals surface area contributed by atoms with Gasteiger partial charge in [0, 0.05) is 13.7 Å². The highest BCUT2D eigenvalue weighted by molar-refractivity contribution is 4.89. The average Bonchev–Trinajstić information content (AvgIpc) is 2.62. The molecule has 0 spiro atoms. The van der Waals surface area contributed by atoms with E-state index in [1.54, 1.807) is 13.8 Å².